The number of thioether (sulfide) groups is 1. The van der Waals surface area contributed by atoms with Crippen LogP contribution in [0.1, 0.15) is 62.8 Å². The number of carbonyl (C=O) groups is 2. The number of amides is 1. The molecule has 0 spiro atoms. The number of nitrogens with zero attached hydrogens (tertiary/aromatic N) is 1. The number of nitrogens with one attached hydrogen (secondary N) is 2. The van der Waals surface area contributed by atoms with Gasteiger partial charge < -0.3 is 19.3 Å². The first kappa shape index (κ1) is 36.4. The number of rotatable bonds is 16. The van der Waals surface area contributed by atoms with E-state index in [2.05, 4.69) is 26.8 Å². The summed E-state index contributed by atoms with van der Waals surface area (Å²) in [6, 6.07) is 21.0. The Morgan fingerprint density at radius 3 is 2.43 bits per heavy atom. The molecular weight excluding hydrogens is 689 g/mol. The number of esters is 1. The Balaban J connectivity index is 1.56. The number of hydrogen-bond acceptors (Lipinski definition) is 9. The highest BCUT2D eigenvalue weighted by molar-refractivity contribution is 9.10. The molecule has 3 N–H and O–H groups in total. The molecule has 3 aromatic carbocycles. The van der Waals surface area contributed by atoms with Crippen molar-refractivity contribution in [1.82, 2.24) is 10.9 Å². The second kappa shape index (κ2) is 17.1. The van der Waals surface area contributed by atoms with Crippen LogP contribution in [0.25, 0.3) is 0 Å². The standard InChI is InChI=1S/C35H41BrFN3O6S/c1-34(2,3)46-30(42)17-18-35(33(43)40-38-19-22-47-23-24-5-13-28(37)14-6-24)31(25-7-11-27(36)12-8-25)45-32(39-35)26-9-15-29(16-10-26)44-21-4-20-41/h5-16,31,38,41H,4,17-23H2,1-3H3,(H,40,43)/t31-,35-/m0/s1. The molecule has 1 aliphatic heterocycles. The average Bonchev–Trinajstić information content (AvgIpc) is 3.43. The highest BCUT2D eigenvalue weighted by atomic mass is 79.9. The van der Waals surface area contributed by atoms with Crippen LogP contribution in [0.4, 0.5) is 4.39 Å². The molecule has 0 unspecified atom stereocenters. The molecule has 0 saturated carbocycles. The van der Waals surface area contributed by atoms with Crippen molar-refractivity contribution in [3.63, 3.8) is 0 Å². The lowest BCUT2D eigenvalue weighted by Gasteiger charge is -2.31. The number of hydrogen-bond donors (Lipinski definition) is 3. The number of aliphatic hydroxyl groups excluding tert-OH is 1. The molecule has 0 fully saturated rings. The van der Waals surface area contributed by atoms with Gasteiger partial charge in [-0.15, -0.1) is 0 Å². The fourth-order valence-electron chi connectivity index (χ4n) is 4.84. The van der Waals surface area contributed by atoms with Crippen LogP contribution in [-0.2, 0) is 24.8 Å². The van der Waals surface area contributed by atoms with Gasteiger partial charge in [0, 0.05) is 47.5 Å². The molecule has 4 rings (SSSR count). The number of ether oxygens (including phenoxy) is 3. The molecule has 0 bridgehead atoms. The van der Waals surface area contributed by atoms with E-state index in [0.717, 1.165) is 10.0 Å². The summed E-state index contributed by atoms with van der Waals surface area (Å²) >= 11 is 5.12. The fraction of sp³-hybridized carbons (Fsp3) is 0.400. The van der Waals surface area contributed by atoms with Crippen molar-refractivity contribution < 1.29 is 33.3 Å². The van der Waals surface area contributed by atoms with Crippen molar-refractivity contribution in [2.75, 3.05) is 25.5 Å². The third kappa shape index (κ3) is 10.8. The second-order valence-corrected chi connectivity index (χ2v) is 14.0. The second-order valence-electron chi connectivity index (χ2n) is 12.0. The van der Waals surface area contributed by atoms with Gasteiger partial charge in [0.15, 0.2) is 11.6 Å². The van der Waals surface area contributed by atoms with E-state index in [9.17, 15) is 14.0 Å². The summed E-state index contributed by atoms with van der Waals surface area (Å²) in [5.74, 6) is 1.10. The van der Waals surface area contributed by atoms with Crippen molar-refractivity contribution in [1.29, 1.82) is 0 Å². The van der Waals surface area contributed by atoms with Crippen LogP contribution in [0.5, 0.6) is 5.75 Å². The van der Waals surface area contributed by atoms with Crippen molar-refractivity contribution in [2.24, 2.45) is 4.99 Å². The molecule has 3 aromatic rings. The van der Waals surface area contributed by atoms with Crippen LogP contribution >= 0.6 is 27.7 Å². The van der Waals surface area contributed by atoms with E-state index < -0.39 is 29.1 Å². The Bertz CT molecular complexity index is 1500. The van der Waals surface area contributed by atoms with Crippen LogP contribution in [0.3, 0.4) is 0 Å². The minimum absolute atomic E-state index is 0.0291. The van der Waals surface area contributed by atoms with E-state index in [-0.39, 0.29) is 31.2 Å². The molecule has 1 aliphatic rings. The third-order valence-corrected chi connectivity index (χ3v) is 8.65. The van der Waals surface area contributed by atoms with Gasteiger partial charge in [-0.2, -0.15) is 11.8 Å². The van der Waals surface area contributed by atoms with Crippen LogP contribution in [-0.4, -0.2) is 59.5 Å². The van der Waals surface area contributed by atoms with Crippen LogP contribution in [0, 0.1) is 5.82 Å². The predicted octanol–water partition coefficient (Wildman–Crippen LogP) is 6.28. The summed E-state index contributed by atoms with van der Waals surface area (Å²) in [7, 11) is 0. The molecule has 1 heterocycles. The molecule has 2 atom stereocenters. The molecule has 9 nitrogen and oxygen atoms in total. The topological polar surface area (TPSA) is 118 Å². The monoisotopic (exact) mass is 729 g/mol. The molecule has 0 saturated heterocycles. The lowest BCUT2D eigenvalue weighted by Crippen LogP contribution is -2.53. The van der Waals surface area contributed by atoms with Gasteiger partial charge in [-0.25, -0.2) is 14.8 Å². The SMILES string of the molecule is CC(C)(C)OC(=O)CC[C@]1(C(=O)NNCCSCc2ccc(F)cc2)N=C(c2ccc(OCCCO)cc2)O[C@H]1c1ccc(Br)cc1. The maximum atomic E-state index is 14.2. The van der Waals surface area contributed by atoms with E-state index in [1.807, 2.05) is 24.3 Å². The maximum Gasteiger partial charge on any atom is 0.306 e. The fourth-order valence-corrected chi connectivity index (χ4v) is 5.92. The molecule has 12 heteroatoms. The molecule has 0 aliphatic carbocycles. The Hall–Kier alpha value is -3.45. The van der Waals surface area contributed by atoms with E-state index in [1.54, 1.807) is 68.9 Å². The molecule has 0 aromatic heterocycles. The highest BCUT2D eigenvalue weighted by Crippen LogP contribution is 2.43. The maximum absolute atomic E-state index is 14.2. The summed E-state index contributed by atoms with van der Waals surface area (Å²) in [6.07, 6.45) is -0.365. The zero-order valence-corrected chi connectivity index (χ0v) is 29.2. The van der Waals surface area contributed by atoms with Crippen LogP contribution < -0.4 is 15.6 Å². The number of benzene rings is 3. The lowest BCUT2D eigenvalue weighted by molar-refractivity contribution is -0.155. The first-order valence-electron chi connectivity index (χ1n) is 15.4. The normalized spacial score (nSPS) is 17.5. The summed E-state index contributed by atoms with van der Waals surface area (Å²) in [5, 5.41) is 9.04. The van der Waals surface area contributed by atoms with Crippen molar-refractivity contribution >= 4 is 45.5 Å². The first-order chi connectivity index (χ1) is 22.5. The zero-order chi connectivity index (χ0) is 33.9. The van der Waals surface area contributed by atoms with Gasteiger partial charge in [0.25, 0.3) is 5.91 Å². The molecule has 252 valence electrons. The Morgan fingerprint density at radius 2 is 1.77 bits per heavy atom. The summed E-state index contributed by atoms with van der Waals surface area (Å²) in [6.45, 7) is 6.26. The zero-order valence-electron chi connectivity index (χ0n) is 26.8. The van der Waals surface area contributed by atoms with Gasteiger partial charge in [0.1, 0.15) is 17.2 Å². The van der Waals surface area contributed by atoms with Crippen LogP contribution in [0.2, 0.25) is 0 Å². The minimum Gasteiger partial charge on any atom is -0.494 e. The summed E-state index contributed by atoms with van der Waals surface area (Å²) in [4.78, 5) is 32.0. The number of carbonyl (C=O) groups excluding carboxylic acids is 2. The predicted molar refractivity (Wildman–Crippen MR) is 185 cm³/mol. The Labute approximate surface area is 287 Å². The average molecular weight is 731 g/mol. The van der Waals surface area contributed by atoms with Gasteiger partial charge in [-0.05, 0) is 86.8 Å². The highest BCUT2D eigenvalue weighted by Gasteiger charge is 2.53. The van der Waals surface area contributed by atoms with Gasteiger partial charge >= 0.3 is 5.97 Å². The largest absolute Gasteiger partial charge is 0.494 e. The van der Waals surface area contributed by atoms with Gasteiger partial charge in [0.05, 0.1) is 6.61 Å². The van der Waals surface area contributed by atoms with Gasteiger partial charge in [0.2, 0.25) is 5.90 Å². The smallest absolute Gasteiger partial charge is 0.306 e. The first-order valence-corrected chi connectivity index (χ1v) is 17.4. The van der Waals surface area contributed by atoms with Crippen LogP contribution in [0.15, 0.2) is 82.3 Å². The van der Waals surface area contributed by atoms with Crippen molar-refractivity contribution in [2.45, 2.75) is 63.0 Å². The molecule has 1 amide bonds. The molecule has 0 radical (unpaired) electrons. The van der Waals surface area contributed by atoms with E-state index in [1.165, 1.54) is 12.1 Å². The van der Waals surface area contributed by atoms with E-state index in [0.29, 0.717) is 48.0 Å². The minimum atomic E-state index is -1.51. The quantitative estimate of drug-likeness (QED) is 0.0896. The number of aliphatic hydroxyl groups is 1. The Morgan fingerprint density at radius 1 is 1.06 bits per heavy atom. The summed E-state index contributed by atoms with van der Waals surface area (Å²) < 4.78 is 31.8. The van der Waals surface area contributed by atoms with Crippen molar-refractivity contribution in [3.8, 4) is 5.75 Å². The number of hydrazine groups is 1. The summed E-state index contributed by atoms with van der Waals surface area (Å²) in [5.41, 5.74) is 6.00. The van der Waals surface area contributed by atoms with E-state index in [4.69, 9.17) is 24.3 Å². The lowest BCUT2D eigenvalue weighted by atomic mass is 9.83. The van der Waals surface area contributed by atoms with Gasteiger partial charge in [-0.3, -0.25) is 15.0 Å². The third-order valence-electron chi connectivity index (χ3n) is 7.09. The Kier molecular flexibility index (Phi) is 13.2. The molecule has 47 heavy (non-hydrogen) atoms. The van der Waals surface area contributed by atoms with Gasteiger partial charge in [-0.1, -0.05) is 40.2 Å². The van der Waals surface area contributed by atoms with Crippen molar-refractivity contribution in [3.05, 3.63) is 99.8 Å². The number of aliphatic imine (C=N–C) groups is 1. The number of halogens is 2. The molecular formula is C35H41BrFN3O6S. The van der Waals surface area contributed by atoms with E-state index >= 15 is 0 Å².